The van der Waals surface area contributed by atoms with Crippen molar-refractivity contribution in [2.45, 2.75) is 11.5 Å². The minimum absolute atomic E-state index is 0.0457. The van der Waals surface area contributed by atoms with E-state index in [0.29, 0.717) is 5.56 Å². The molecule has 0 aromatic heterocycles. The van der Waals surface area contributed by atoms with E-state index in [-0.39, 0.29) is 18.0 Å². The van der Waals surface area contributed by atoms with Crippen LogP contribution < -0.4 is 5.73 Å². The Morgan fingerprint density at radius 3 is 2.71 bits per heavy atom. The molecular formula is C8H10N2O3S. The summed E-state index contributed by atoms with van der Waals surface area (Å²) in [6, 6.07) is 2.94. The van der Waals surface area contributed by atoms with Crippen molar-refractivity contribution in [3.63, 3.8) is 0 Å². The molecule has 0 aliphatic carbocycles. The molecule has 1 rings (SSSR count). The van der Waals surface area contributed by atoms with E-state index in [4.69, 9.17) is 10.8 Å². The Balaban J connectivity index is 3.34. The summed E-state index contributed by atoms with van der Waals surface area (Å²) in [5.41, 5.74) is 5.86. The highest BCUT2D eigenvalue weighted by molar-refractivity contribution is 7.98. The van der Waals surface area contributed by atoms with Crippen molar-refractivity contribution in [2.24, 2.45) is 0 Å². The minimum atomic E-state index is -0.557. The molecule has 6 heteroatoms. The summed E-state index contributed by atoms with van der Waals surface area (Å²) in [7, 11) is 0. The first-order valence-electron chi connectivity index (χ1n) is 3.82. The number of nitro groups is 1. The van der Waals surface area contributed by atoms with Gasteiger partial charge in [0.15, 0.2) is 0 Å². The summed E-state index contributed by atoms with van der Waals surface area (Å²) in [4.78, 5) is 10.7. The standard InChI is InChI=1S/C8H10N2O3S/c1-14-7-3-2-6(10(12)13)8(9)5(7)4-11/h2-3,11H,4,9H2,1H3. The highest BCUT2D eigenvalue weighted by Crippen LogP contribution is 2.32. The number of nitro benzene ring substituents is 1. The molecule has 0 spiro atoms. The number of nitrogens with two attached hydrogens (primary N) is 1. The molecule has 1 aromatic carbocycles. The SMILES string of the molecule is CSc1ccc([N+](=O)[O-])c(N)c1CO. The second kappa shape index (κ2) is 4.30. The number of nitrogen functional groups attached to an aromatic ring is 1. The maximum absolute atomic E-state index is 10.5. The first-order valence-corrected chi connectivity index (χ1v) is 5.05. The van der Waals surface area contributed by atoms with Gasteiger partial charge in [0.05, 0.1) is 11.5 Å². The third-order valence-corrected chi connectivity index (χ3v) is 2.69. The Morgan fingerprint density at radius 2 is 2.29 bits per heavy atom. The fourth-order valence-corrected chi connectivity index (χ4v) is 1.77. The van der Waals surface area contributed by atoms with Gasteiger partial charge in [0.25, 0.3) is 5.69 Å². The molecule has 0 atom stereocenters. The summed E-state index contributed by atoms with van der Waals surface area (Å²) in [6.07, 6.45) is 1.82. The number of benzene rings is 1. The summed E-state index contributed by atoms with van der Waals surface area (Å²) in [5.74, 6) is 0. The zero-order chi connectivity index (χ0) is 10.7. The van der Waals surface area contributed by atoms with Crippen LogP contribution in [0.3, 0.4) is 0 Å². The smallest absolute Gasteiger partial charge is 0.292 e. The van der Waals surface area contributed by atoms with Gasteiger partial charge in [0, 0.05) is 16.5 Å². The van der Waals surface area contributed by atoms with Crippen molar-refractivity contribution >= 4 is 23.1 Å². The number of aliphatic hydroxyl groups is 1. The lowest BCUT2D eigenvalue weighted by Gasteiger charge is -2.07. The monoisotopic (exact) mass is 214 g/mol. The average Bonchev–Trinajstić information content (AvgIpc) is 2.16. The lowest BCUT2D eigenvalue weighted by atomic mass is 10.1. The van der Waals surface area contributed by atoms with Crippen LogP contribution >= 0.6 is 11.8 Å². The summed E-state index contributed by atoms with van der Waals surface area (Å²) in [5, 5.41) is 19.5. The van der Waals surface area contributed by atoms with Gasteiger partial charge in [0.2, 0.25) is 0 Å². The highest BCUT2D eigenvalue weighted by atomic mass is 32.2. The van der Waals surface area contributed by atoms with Crippen molar-refractivity contribution in [3.8, 4) is 0 Å². The first-order chi connectivity index (χ1) is 6.61. The largest absolute Gasteiger partial charge is 0.393 e. The Hall–Kier alpha value is -1.27. The predicted molar refractivity (Wildman–Crippen MR) is 55.2 cm³/mol. The molecule has 1 aromatic rings. The number of nitrogens with zero attached hydrogens (tertiary/aromatic N) is 1. The van der Waals surface area contributed by atoms with E-state index in [1.807, 2.05) is 6.26 Å². The maximum atomic E-state index is 10.5. The zero-order valence-electron chi connectivity index (χ0n) is 7.56. The van der Waals surface area contributed by atoms with Crippen LogP contribution in [0.15, 0.2) is 17.0 Å². The molecule has 0 saturated carbocycles. The van der Waals surface area contributed by atoms with Crippen molar-refractivity contribution in [1.29, 1.82) is 0 Å². The van der Waals surface area contributed by atoms with Gasteiger partial charge in [-0.3, -0.25) is 10.1 Å². The van der Waals surface area contributed by atoms with Crippen molar-refractivity contribution in [2.75, 3.05) is 12.0 Å². The van der Waals surface area contributed by atoms with Gasteiger partial charge < -0.3 is 10.8 Å². The van der Waals surface area contributed by atoms with Crippen LogP contribution in [-0.2, 0) is 6.61 Å². The number of anilines is 1. The van der Waals surface area contributed by atoms with Crippen LogP contribution in [0.2, 0.25) is 0 Å². The topological polar surface area (TPSA) is 89.4 Å². The second-order valence-corrected chi connectivity index (χ2v) is 3.44. The number of hydrogen-bond acceptors (Lipinski definition) is 5. The van der Waals surface area contributed by atoms with Gasteiger partial charge in [-0.2, -0.15) is 0 Å². The van der Waals surface area contributed by atoms with Crippen LogP contribution in [0.4, 0.5) is 11.4 Å². The lowest BCUT2D eigenvalue weighted by Crippen LogP contribution is -2.01. The van der Waals surface area contributed by atoms with Crippen LogP contribution in [-0.4, -0.2) is 16.3 Å². The summed E-state index contributed by atoms with van der Waals surface area (Å²) < 4.78 is 0. The molecule has 14 heavy (non-hydrogen) atoms. The first kappa shape index (κ1) is 10.8. The molecule has 0 aliphatic rings. The lowest BCUT2D eigenvalue weighted by molar-refractivity contribution is -0.384. The molecule has 0 saturated heterocycles. The van der Waals surface area contributed by atoms with Crippen LogP contribution in [0.1, 0.15) is 5.56 Å². The third kappa shape index (κ3) is 1.80. The molecule has 0 bridgehead atoms. The number of rotatable bonds is 3. The minimum Gasteiger partial charge on any atom is -0.393 e. The van der Waals surface area contributed by atoms with E-state index in [0.717, 1.165) is 4.90 Å². The summed E-state index contributed by atoms with van der Waals surface area (Å²) >= 11 is 1.39. The van der Waals surface area contributed by atoms with E-state index in [1.165, 1.54) is 17.8 Å². The number of aliphatic hydroxyl groups excluding tert-OH is 1. The summed E-state index contributed by atoms with van der Waals surface area (Å²) in [6.45, 7) is -0.288. The molecule has 0 heterocycles. The maximum Gasteiger partial charge on any atom is 0.292 e. The van der Waals surface area contributed by atoms with Gasteiger partial charge in [-0.1, -0.05) is 0 Å². The molecule has 3 N–H and O–H groups in total. The van der Waals surface area contributed by atoms with E-state index in [9.17, 15) is 10.1 Å². The molecule has 0 aliphatic heterocycles. The Morgan fingerprint density at radius 1 is 1.64 bits per heavy atom. The fourth-order valence-electron chi connectivity index (χ4n) is 1.15. The quantitative estimate of drug-likeness (QED) is 0.343. The van der Waals surface area contributed by atoms with Gasteiger partial charge in [-0.15, -0.1) is 11.8 Å². The van der Waals surface area contributed by atoms with E-state index >= 15 is 0 Å². The van der Waals surface area contributed by atoms with Crippen molar-refractivity contribution < 1.29 is 10.0 Å². The Labute approximate surface area is 85.1 Å². The fraction of sp³-hybridized carbons (Fsp3) is 0.250. The molecule has 0 unspecified atom stereocenters. The average molecular weight is 214 g/mol. The van der Waals surface area contributed by atoms with Gasteiger partial charge in [-0.25, -0.2) is 0 Å². The Kier molecular flexibility index (Phi) is 3.32. The van der Waals surface area contributed by atoms with Gasteiger partial charge in [0.1, 0.15) is 5.69 Å². The van der Waals surface area contributed by atoms with Gasteiger partial charge in [-0.05, 0) is 12.3 Å². The normalized spacial score (nSPS) is 10.1. The molecular weight excluding hydrogens is 204 g/mol. The van der Waals surface area contributed by atoms with Crippen molar-refractivity contribution in [1.82, 2.24) is 0 Å². The number of thioether (sulfide) groups is 1. The van der Waals surface area contributed by atoms with E-state index in [1.54, 1.807) is 6.07 Å². The van der Waals surface area contributed by atoms with Crippen LogP contribution in [0.5, 0.6) is 0 Å². The molecule has 0 radical (unpaired) electrons. The van der Waals surface area contributed by atoms with Crippen LogP contribution in [0.25, 0.3) is 0 Å². The van der Waals surface area contributed by atoms with E-state index in [2.05, 4.69) is 0 Å². The van der Waals surface area contributed by atoms with Crippen molar-refractivity contribution in [3.05, 3.63) is 27.8 Å². The number of hydrogen-bond donors (Lipinski definition) is 2. The molecule has 76 valence electrons. The molecule has 5 nitrogen and oxygen atoms in total. The predicted octanol–water partition coefficient (Wildman–Crippen LogP) is 1.39. The molecule has 0 amide bonds. The van der Waals surface area contributed by atoms with E-state index < -0.39 is 4.92 Å². The highest BCUT2D eigenvalue weighted by Gasteiger charge is 2.16. The van der Waals surface area contributed by atoms with Gasteiger partial charge >= 0.3 is 0 Å². The second-order valence-electron chi connectivity index (χ2n) is 2.59. The third-order valence-electron chi connectivity index (χ3n) is 1.87. The Bertz CT molecular complexity index is 368. The molecule has 0 fully saturated rings. The van der Waals surface area contributed by atoms with Crippen LogP contribution in [0, 0.1) is 10.1 Å². The zero-order valence-corrected chi connectivity index (χ0v) is 8.37.